The molecule has 0 spiro atoms. The Kier molecular flexibility index (Phi) is 5.24. The Bertz CT molecular complexity index is 738. The van der Waals surface area contributed by atoms with Gasteiger partial charge in [0.2, 0.25) is 15.9 Å². The first kappa shape index (κ1) is 17.7. The first-order chi connectivity index (χ1) is 12.0. The fourth-order valence-electron chi connectivity index (χ4n) is 3.16. The standard InChI is InChI=1S/C16H22N4O4S/c21-15(19-10-8-17-25(23,24)12-11-19)14-7-4-9-20(14)16(22)18-13-5-2-1-3-6-13/h1-3,5-6,14,17H,4,7-12H2,(H,18,22). The Labute approximate surface area is 147 Å². The highest BCUT2D eigenvalue weighted by Gasteiger charge is 2.37. The van der Waals surface area contributed by atoms with E-state index in [1.54, 1.807) is 17.0 Å². The van der Waals surface area contributed by atoms with Gasteiger partial charge >= 0.3 is 6.03 Å². The second-order valence-corrected chi connectivity index (χ2v) is 8.11. The molecule has 9 heteroatoms. The Morgan fingerprint density at radius 3 is 2.64 bits per heavy atom. The molecule has 2 saturated heterocycles. The molecule has 2 fully saturated rings. The van der Waals surface area contributed by atoms with Gasteiger partial charge in [-0.05, 0) is 25.0 Å². The number of amides is 3. The summed E-state index contributed by atoms with van der Waals surface area (Å²) < 4.78 is 25.7. The normalized spacial score (nSPS) is 23.1. The third-order valence-electron chi connectivity index (χ3n) is 4.47. The van der Waals surface area contributed by atoms with Gasteiger partial charge in [-0.1, -0.05) is 18.2 Å². The molecule has 2 N–H and O–H groups in total. The number of hydrogen-bond donors (Lipinski definition) is 2. The molecule has 2 aliphatic rings. The SMILES string of the molecule is O=C(C1CCCN1C(=O)Nc1ccccc1)N1CCNS(=O)(=O)CC1. The van der Waals surface area contributed by atoms with Crippen LogP contribution in [0.5, 0.6) is 0 Å². The number of carbonyl (C=O) groups is 2. The molecule has 2 heterocycles. The molecular weight excluding hydrogens is 344 g/mol. The highest BCUT2D eigenvalue weighted by atomic mass is 32.2. The summed E-state index contributed by atoms with van der Waals surface area (Å²) >= 11 is 0. The molecule has 2 aliphatic heterocycles. The van der Waals surface area contributed by atoms with Crippen LogP contribution in [0.3, 0.4) is 0 Å². The average molecular weight is 366 g/mol. The van der Waals surface area contributed by atoms with Crippen LogP contribution in [0.1, 0.15) is 12.8 Å². The number of anilines is 1. The van der Waals surface area contributed by atoms with Gasteiger partial charge in [0.1, 0.15) is 6.04 Å². The second-order valence-electron chi connectivity index (χ2n) is 6.19. The number of para-hydroxylation sites is 1. The lowest BCUT2D eigenvalue weighted by atomic mass is 10.2. The van der Waals surface area contributed by atoms with Gasteiger partial charge in [0.15, 0.2) is 0 Å². The van der Waals surface area contributed by atoms with Gasteiger partial charge in [-0.25, -0.2) is 17.9 Å². The molecule has 3 amide bonds. The smallest absolute Gasteiger partial charge is 0.322 e. The molecule has 8 nitrogen and oxygen atoms in total. The molecule has 1 unspecified atom stereocenters. The van der Waals surface area contributed by atoms with Gasteiger partial charge < -0.3 is 15.1 Å². The molecule has 1 aromatic rings. The van der Waals surface area contributed by atoms with Crippen molar-refractivity contribution in [3.8, 4) is 0 Å². The first-order valence-corrected chi connectivity index (χ1v) is 10.0. The topological polar surface area (TPSA) is 98.8 Å². The number of rotatable bonds is 2. The zero-order chi connectivity index (χ0) is 17.9. The minimum atomic E-state index is -3.32. The zero-order valence-electron chi connectivity index (χ0n) is 13.8. The van der Waals surface area contributed by atoms with Crippen molar-refractivity contribution in [2.45, 2.75) is 18.9 Å². The van der Waals surface area contributed by atoms with Crippen LogP contribution in [0.4, 0.5) is 10.5 Å². The minimum absolute atomic E-state index is 0.109. The van der Waals surface area contributed by atoms with Gasteiger partial charge in [-0.15, -0.1) is 0 Å². The summed E-state index contributed by atoms with van der Waals surface area (Å²) in [6.45, 7) is 1.19. The number of nitrogens with zero attached hydrogens (tertiary/aromatic N) is 2. The summed E-state index contributed by atoms with van der Waals surface area (Å²) in [6, 6.07) is 8.25. The highest BCUT2D eigenvalue weighted by Crippen LogP contribution is 2.21. The number of likely N-dealkylation sites (tertiary alicyclic amines) is 1. The fraction of sp³-hybridized carbons (Fsp3) is 0.500. The fourth-order valence-corrected chi connectivity index (χ4v) is 4.17. The van der Waals surface area contributed by atoms with Crippen molar-refractivity contribution in [3.05, 3.63) is 30.3 Å². The van der Waals surface area contributed by atoms with Gasteiger partial charge in [0.05, 0.1) is 5.75 Å². The van der Waals surface area contributed by atoms with Crippen molar-refractivity contribution in [2.24, 2.45) is 0 Å². The Hall–Kier alpha value is -2.13. The summed E-state index contributed by atoms with van der Waals surface area (Å²) in [5.41, 5.74) is 0.677. The predicted molar refractivity (Wildman–Crippen MR) is 93.6 cm³/mol. The molecule has 1 aromatic carbocycles. The van der Waals surface area contributed by atoms with Crippen LogP contribution in [-0.4, -0.2) is 68.1 Å². The Morgan fingerprint density at radius 1 is 1.12 bits per heavy atom. The van der Waals surface area contributed by atoms with E-state index in [9.17, 15) is 18.0 Å². The number of urea groups is 1. The number of benzene rings is 1. The number of sulfonamides is 1. The van der Waals surface area contributed by atoms with Gasteiger partial charge in [-0.3, -0.25) is 4.79 Å². The largest absolute Gasteiger partial charge is 0.339 e. The van der Waals surface area contributed by atoms with Crippen LogP contribution < -0.4 is 10.0 Å². The molecule has 3 rings (SSSR count). The van der Waals surface area contributed by atoms with E-state index in [0.29, 0.717) is 25.2 Å². The van der Waals surface area contributed by atoms with Crippen molar-refractivity contribution in [2.75, 3.05) is 37.2 Å². The van der Waals surface area contributed by atoms with E-state index in [1.807, 2.05) is 18.2 Å². The van der Waals surface area contributed by atoms with Gasteiger partial charge in [0.25, 0.3) is 0 Å². The van der Waals surface area contributed by atoms with Crippen LogP contribution >= 0.6 is 0 Å². The van der Waals surface area contributed by atoms with E-state index in [4.69, 9.17) is 0 Å². The molecule has 0 saturated carbocycles. The van der Waals surface area contributed by atoms with Crippen LogP contribution in [0, 0.1) is 0 Å². The minimum Gasteiger partial charge on any atom is -0.339 e. The third-order valence-corrected chi connectivity index (χ3v) is 5.83. The average Bonchev–Trinajstić information content (AvgIpc) is 3.00. The van der Waals surface area contributed by atoms with Crippen molar-refractivity contribution in [3.63, 3.8) is 0 Å². The van der Waals surface area contributed by atoms with Crippen molar-refractivity contribution in [1.82, 2.24) is 14.5 Å². The van der Waals surface area contributed by atoms with E-state index in [1.165, 1.54) is 4.90 Å². The summed E-state index contributed by atoms with van der Waals surface area (Å²) in [5, 5.41) is 2.81. The third kappa shape index (κ3) is 4.29. The number of carbonyl (C=O) groups excluding carboxylic acids is 2. The molecule has 136 valence electrons. The lowest BCUT2D eigenvalue weighted by Gasteiger charge is -2.29. The quantitative estimate of drug-likeness (QED) is 0.794. The predicted octanol–water partition coefficient (Wildman–Crippen LogP) is 0.445. The number of hydrogen-bond acceptors (Lipinski definition) is 4. The lowest BCUT2D eigenvalue weighted by Crippen LogP contribution is -2.50. The molecule has 0 aliphatic carbocycles. The van der Waals surface area contributed by atoms with Crippen molar-refractivity contribution in [1.29, 1.82) is 0 Å². The maximum atomic E-state index is 12.8. The van der Waals surface area contributed by atoms with Gasteiger partial charge in [0, 0.05) is 31.9 Å². The Balaban J connectivity index is 1.66. The van der Waals surface area contributed by atoms with Crippen molar-refractivity contribution < 1.29 is 18.0 Å². The Morgan fingerprint density at radius 2 is 1.88 bits per heavy atom. The molecule has 0 aromatic heterocycles. The number of nitrogens with one attached hydrogen (secondary N) is 2. The summed E-state index contributed by atoms with van der Waals surface area (Å²) in [6.07, 6.45) is 1.35. The molecule has 0 radical (unpaired) electrons. The summed E-state index contributed by atoms with van der Waals surface area (Å²) in [4.78, 5) is 28.4. The first-order valence-electron chi connectivity index (χ1n) is 8.35. The van der Waals surface area contributed by atoms with E-state index in [-0.39, 0.29) is 30.8 Å². The lowest BCUT2D eigenvalue weighted by molar-refractivity contribution is -0.134. The maximum Gasteiger partial charge on any atom is 0.322 e. The monoisotopic (exact) mass is 366 g/mol. The van der Waals surface area contributed by atoms with Crippen LogP contribution in [0.2, 0.25) is 0 Å². The van der Waals surface area contributed by atoms with Crippen LogP contribution in [0.25, 0.3) is 0 Å². The highest BCUT2D eigenvalue weighted by molar-refractivity contribution is 7.89. The van der Waals surface area contributed by atoms with Crippen LogP contribution in [0.15, 0.2) is 30.3 Å². The van der Waals surface area contributed by atoms with E-state index < -0.39 is 16.1 Å². The molecular formula is C16H22N4O4S. The molecule has 25 heavy (non-hydrogen) atoms. The summed E-state index contributed by atoms with van der Waals surface area (Å²) in [7, 11) is -3.32. The van der Waals surface area contributed by atoms with Crippen LogP contribution in [-0.2, 0) is 14.8 Å². The molecule has 0 bridgehead atoms. The maximum absolute atomic E-state index is 12.8. The van der Waals surface area contributed by atoms with E-state index >= 15 is 0 Å². The van der Waals surface area contributed by atoms with Gasteiger partial charge in [-0.2, -0.15) is 0 Å². The van der Waals surface area contributed by atoms with E-state index in [2.05, 4.69) is 10.0 Å². The van der Waals surface area contributed by atoms with E-state index in [0.717, 1.165) is 6.42 Å². The van der Waals surface area contributed by atoms with Crippen molar-refractivity contribution >= 4 is 27.6 Å². The zero-order valence-corrected chi connectivity index (χ0v) is 14.7. The second kappa shape index (κ2) is 7.40. The molecule has 1 atom stereocenters. The summed E-state index contributed by atoms with van der Waals surface area (Å²) in [5.74, 6) is -0.290.